The number of benzene rings is 3. The number of nitrogens with zero attached hydrogens (tertiary/aromatic N) is 3. The SMILES string of the molecule is O=[N+]([O-])c1cccc([C@H]2Oc3ccc(Cl)cc3[C@H]3CC(c4ccc5c(c4)OCO5)=NN32)c1. The van der Waals surface area contributed by atoms with Crippen LogP contribution in [0.2, 0.25) is 5.02 Å². The van der Waals surface area contributed by atoms with Crippen molar-refractivity contribution in [3.8, 4) is 17.2 Å². The molecule has 6 rings (SSSR count). The third kappa shape index (κ3) is 3.03. The van der Waals surface area contributed by atoms with E-state index in [0.717, 1.165) is 16.8 Å². The second kappa shape index (κ2) is 7.13. The van der Waals surface area contributed by atoms with Crippen molar-refractivity contribution in [3.05, 3.63) is 92.5 Å². The first-order valence-corrected chi connectivity index (χ1v) is 10.4. The average molecular weight is 450 g/mol. The zero-order chi connectivity index (χ0) is 21.8. The first-order valence-electron chi connectivity index (χ1n) is 10.0. The van der Waals surface area contributed by atoms with Crippen LogP contribution in [0, 0.1) is 10.1 Å². The van der Waals surface area contributed by atoms with E-state index in [2.05, 4.69) is 0 Å². The summed E-state index contributed by atoms with van der Waals surface area (Å²) in [6.45, 7) is 0.203. The number of nitro benzene ring substituents is 1. The monoisotopic (exact) mass is 449 g/mol. The van der Waals surface area contributed by atoms with Gasteiger partial charge in [-0.25, -0.2) is 5.01 Å². The lowest BCUT2D eigenvalue weighted by atomic mass is 9.95. The summed E-state index contributed by atoms with van der Waals surface area (Å²) < 4.78 is 17.2. The number of hydrazone groups is 1. The summed E-state index contributed by atoms with van der Waals surface area (Å²) >= 11 is 6.28. The van der Waals surface area contributed by atoms with Crippen LogP contribution >= 0.6 is 11.6 Å². The molecule has 2 atom stereocenters. The van der Waals surface area contributed by atoms with Crippen molar-refractivity contribution >= 4 is 23.0 Å². The normalized spacial score (nSPS) is 20.3. The summed E-state index contributed by atoms with van der Waals surface area (Å²) in [6, 6.07) is 17.6. The maximum atomic E-state index is 11.3. The van der Waals surface area contributed by atoms with Crippen molar-refractivity contribution in [2.45, 2.75) is 18.7 Å². The van der Waals surface area contributed by atoms with Crippen LogP contribution < -0.4 is 14.2 Å². The van der Waals surface area contributed by atoms with Crippen LogP contribution in [0.25, 0.3) is 0 Å². The zero-order valence-electron chi connectivity index (χ0n) is 16.6. The van der Waals surface area contributed by atoms with Crippen LogP contribution in [-0.4, -0.2) is 22.4 Å². The van der Waals surface area contributed by atoms with Crippen LogP contribution in [0.5, 0.6) is 17.2 Å². The van der Waals surface area contributed by atoms with E-state index in [-0.39, 0.29) is 18.5 Å². The van der Waals surface area contributed by atoms with Crippen molar-refractivity contribution in [1.29, 1.82) is 0 Å². The summed E-state index contributed by atoms with van der Waals surface area (Å²) in [7, 11) is 0. The maximum absolute atomic E-state index is 11.3. The fourth-order valence-electron chi connectivity index (χ4n) is 4.32. The number of fused-ring (bicyclic) bond motifs is 4. The Morgan fingerprint density at radius 2 is 1.88 bits per heavy atom. The lowest BCUT2D eigenvalue weighted by Gasteiger charge is -2.38. The second-order valence-corrected chi connectivity index (χ2v) is 8.16. The molecule has 3 aromatic rings. The minimum Gasteiger partial charge on any atom is -0.464 e. The third-order valence-corrected chi connectivity index (χ3v) is 6.06. The molecule has 160 valence electrons. The molecule has 0 bridgehead atoms. The molecule has 3 heterocycles. The largest absolute Gasteiger partial charge is 0.464 e. The highest BCUT2D eigenvalue weighted by Crippen LogP contribution is 2.48. The zero-order valence-corrected chi connectivity index (χ0v) is 17.4. The van der Waals surface area contributed by atoms with E-state index in [1.54, 1.807) is 12.1 Å². The van der Waals surface area contributed by atoms with Crippen LogP contribution in [-0.2, 0) is 0 Å². The number of ether oxygens (including phenoxy) is 3. The van der Waals surface area contributed by atoms with Gasteiger partial charge >= 0.3 is 0 Å². The van der Waals surface area contributed by atoms with Gasteiger partial charge in [0.15, 0.2) is 11.5 Å². The number of rotatable bonds is 3. The molecule has 0 unspecified atom stereocenters. The molecule has 0 spiro atoms. The molecule has 0 saturated carbocycles. The average Bonchev–Trinajstić information content (AvgIpc) is 3.45. The van der Waals surface area contributed by atoms with E-state index in [4.69, 9.17) is 30.9 Å². The van der Waals surface area contributed by atoms with Gasteiger partial charge in [-0.05, 0) is 36.4 Å². The Balaban J connectivity index is 1.44. The van der Waals surface area contributed by atoms with Gasteiger partial charge in [0.2, 0.25) is 13.0 Å². The molecule has 0 aliphatic carbocycles. The molecule has 32 heavy (non-hydrogen) atoms. The van der Waals surface area contributed by atoms with Gasteiger partial charge in [-0.15, -0.1) is 0 Å². The molecule has 0 aromatic heterocycles. The molecule has 0 saturated heterocycles. The number of non-ortho nitro benzene ring substituents is 1. The predicted octanol–water partition coefficient (Wildman–Crippen LogP) is 5.22. The van der Waals surface area contributed by atoms with E-state index in [0.29, 0.717) is 34.3 Å². The summed E-state index contributed by atoms with van der Waals surface area (Å²) in [5, 5.41) is 18.7. The summed E-state index contributed by atoms with van der Waals surface area (Å²) in [5.74, 6) is 2.08. The van der Waals surface area contributed by atoms with Gasteiger partial charge < -0.3 is 14.2 Å². The smallest absolute Gasteiger partial charge is 0.269 e. The summed E-state index contributed by atoms with van der Waals surface area (Å²) in [5.41, 5.74) is 3.37. The molecule has 0 radical (unpaired) electrons. The fraction of sp³-hybridized carbons (Fsp3) is 0.174. The highest BCUT2D eigenvalue weighted by molar-refractivity contribution is 6.30. The van der Waals surface area contributed by atoms with Crippen LogP contribution in [0.1, 0.15) is 35.4 Å². The quantitative estimate of drug-likeness (QED) is 0.402. The molecule has 0 amide bonds. The van der Waals surface area contributed by atoms with Crippen molar-refractivity contribution in [2.75, 3.05) is 6.79 Å². The highest BCUT2D eigenvalue weighted by atomic mass is 35.5. The van der Waals surface area contributed by atoms with Gasteiger partial charge in [0.25, 0.3) is 5.69 Å². The Morgan fingerprint density at radius 1 is 1.03 bits per heavy atom. The Hall–Kier alpha value is -3.78. The molecular formula is C23H16ClN3O5. The Bertz CT molecular complexity index is 1290. The molecule has 3 aromatic carbocycles. The first-order chi connectivity index (χ1) is 15.6. The lowest BCUT2D eigenvalue weighted by molar-refractivity contribution is -0.385. The minimum absolute atomic E-state index is 0.00345. The van der Waals surface area contributed by atoms with Crippen molar-refractivity contribution in [1.82, 2.24) is 5.01 Å². The minimum atomic E-state index is -0.611. The van der Waals surface area contributed by atoms with Crippen molar-refractivity contribution < 1.29 is 19.1 Å². The Kier molecular flexibility index (Phi) is 4.22. The number of hydrogen-bond donors (Lipinski definition) is 0. The van der Waals surface area contributed by atoms with Crippen LogP contribution in [0.3, 0.4) is 0 Å². The summed E-state index contributed by atoms with van der Waals surface area (Å²) in [6.07, 6.45) is 0.0157. The van der Waals surface area contributed by atoms with Gasteiger partial charge in [0.05, 0.1) is 16.7 Å². The van der Waals surface area contributed by atoms with Gasteiger partial charge in [0, 0.05) is 40.3 Å². The molecule has 3 aliphatic heterocycles. The van der Waals surface area contributed by atoms with E-state index in [9.17, 15) is 10.1 Å². The molecule has 3 aliphatic rings. The summed E-state index contributed by atoms with van der Waals surface area (Å²) in [4.78, 5) is 10.9. The molecule has 8 nitrogen and oxygen atoms in total. The van der Waals surface area contributed by atoms with Crippen molar-refractivity contribution in [3.63, 3.8) is 0 Å². The second-order valence-electron chi connectivity index (χ2n) is 7.72. The van der Waals surface area contributed by atoms with Crippen LogP contribution in [0.15, 0.2) is 65.8 Å². The Morgan fingerprint density at radius 3 is 2.75 bits per heavy atom. The van der Waals surface area contributed by atoms with Gasteiger partial charge in [-0.1, -0.05) is 23.7 Å². The van der Waals surface area contributed by atoms with Gasteiger partial charge in [-0.2, -0.15) is 5.10 Å². The Labute approximate surface area is 187 Å². The van der Waals surface area contributed by atoms with E-state index < -0.39 is 11.2 Å². The first kappa shape index (κ1) is 18.9. The lowest BCUT2D eigenvalue weighted by Crippen LogP contribution is -2.33. The molecule has 0 fully saturated rings. The predicted molar refractivity (Wildman–Crippen MR) is 116 cm³/mol. The van der Waals surface area contributed by atoms with Crippen LogP contribution in [0.4, 0.5) is 5.69 Å². The maximum Gasteiger partial charge on any atom is 0.269 e. The number of halogens is 1. The topological polar surface area (TPSA) is 86.4 Å². The molecular weight excluding hydrogens is 434 g/mol. The van der Waals surface area contributed by atoms with Gasteiger partial charge in [0.1, 0.15) is 5.75 Å². The van der Waals surface area contributed by atoms with Crippen molar-refractivity contribution in [2.24, 2.45) is 5.10 Å². The van der Waals surface area contributed by atoms with E-state index in [1.165, 1.54) is 12.1 Å². The fourth-order valence-corrected chi connectivity index (χ4v) is 4.50. The van der Waals surface area contributed by atoms with Gasteiger partial charge in [-0.3, -0.25) is 10.1 Å². The molecule has 0 N–H and O–H groups in total. The van der Waals surface area contributed by atoms with E-state index in [1.807, 2.05) is 41.4 Å². The molecule has 9 heteroatoms. The van der Waals surface area contributed by atoms with E-state index >= 15 is 0 Å². The number of nitro groups is 1. The standard InChI is InChI=1S/C23H16ClN3O5/c24-15-5-7-20-17(10-15)19-11-18(13-4-6-21-22(9-13)31-12-30-21)25-26(19)23(32-20)14-2-1-3-16(8-14)27(28)29/h1-10,19,23H,11-12H2/t19-,23-/m1/s1. The highest BCUT2D eigenvalue weighted by Gasteiger charge is 2.41. The number of hydrogen-bond acceptors (Lipinski definition) is 7. The third-order valence-electron chi connectivity index (χ3n) is 5.82.